The Bertz CT molecular complexity index is 583. The number of hydrogen-bond donors (Lipinski definition) is 1. The van der Waals surface area contributed by atoms with Crippen LogP contribution in [0.5, 0.6) is 0 Å². The van der Waals surface area contributed by atoms with Gasteiger partial charge in [0.15, 0.2) is 0 Å². The molecule has 1 aromatic carbocycles. The van der Waals surface area contributed by atoms with E-state index < -0.39 is 10.1 Å². The third kappa shape index (κ3) is 1.30. The topological polar surface area (TPSA) is 59.3 Å². The van der Waals surface area contributed by atoms with Crippen molar-refractivity contribution in [1.29, 1.82) is 0 Å². The summed E-state index contributed by atoms with van der Waals surface area (Å²) in [7, 11) is -2.41. The van der Waals surface area contributed by atoms with Gasteiger partial charge in [0.1, 0.15) is 4.90 Å². The van der Waals surface area contributed by atoms with Gasteiger partial charge >= 0.3 is 0 Å². The van der Waals surface area contributed by atoms with Crippen molar-refractivity contribution in [2.24, 2.45) is 7.05 Å². The van der Waals surface area contributed by atoms with E-state index in [4.69, 9.17) is 4.55 Å². The molecular formula is C9H9NO3S. The molecule has 0 fully saturated rings. The lowest BCUT2D eigenvalue weighted by Gasteiger charge is -2.02. The fraction of sp³-hybridized carbons (Fsp3) is 0.111. The minimum absolute atomic E-state index is 0.0532. The highest BCUT2D eigenvalue weighted by molar-refractivity contribution is 7.86. The molecule has 14 heavy (non-hydrogen) atoms. The first-order valence-corrected chi connectivity index (χ1v) is 5.46. The minimum Gasteiger partial charge on any atom is -0.349 e. The van der Waals surface area contributed by atoms with E-state index in [9.17, 15) is 8.42 Å². The summed E-state index contributed by atoms with van der Waals surface area (Å²) in [5, 5.41) is 0.794. The summed E-state index contributed by atoms with van der Waals surface area (Å²) < 4.78 is 32.7. The number of hydrogen-bond acceptors (Lipinski definition) is 2. The van der Waals surface area contributed by atoms with Crippen LogP contribution >= 0.6 is 0 Å². The molecule has 0 aliphatic carbocycles. The third-order valence-corrected chi connectivity index (χ3v) is 3.02. The van der Waals surface area contributed by atoms with Gasteiger partial charge in [0.05, 0.1) is 5.52 Å². The molecule has 1 N–H and O–H groups in total. The molecule has 0 bridgehead atoms. The molecule has 74 valence electrons. The van der Waals surface area contributed by atoms with Crippen LogP contribution in [0.25, 0.3) is 10.9 Å². The average molecular weight is 211 g/mol. The van der Waals surface area contributed by atoms with Gasteiger partial charge in [-0.3, -0.25) is 4.55 Å². The molecule has 0 aliphatic heterocycles. The van der Waals surface area contributed by atoms with Crippen molar-refractivity contribution in [3.05, 3.63) is 30.5 Å². The number of para-hydroxylation sites is 1. The number of aryl methyl sites for hydroxylation is 1. The predicted molar refractivity (Wildman–Crippen MR) is 52.7 cm³/mol. The van der Waals surface area contributed by atoms with Crippen LogP contribution in [0.1, 0.15) is 0 Å². The average Bonchev–Trinajstić information content (AvgIpc) is 2.46. The second kappa shape index (κ2) is 2.83. The van der Waals surface area contributed by atoms with Gasteiger partial charge in [0, 0.05) is 18.6 Å². The van der Waals surface area contributed by atoms with E-state index in [0.717, 1.165) is 5.39 Å². The molecule has 0 amide bonds. The first-order chi connectivity index (χ1) is 6.50. The number of fused-ring (bicyclic) bond motifs is 1. The molecule has 0 radical (unpaired) electrons. The van der Waals surface area contributed by atoms with Crippen LogP contribution in [0.2, 0.25) is 0 Å². The van der Waals surface area contributed by atoms with Crippen LogP contribution in [0.3, 0.4) is 0 Å². The zero-order chi connectivity index (χ0) is 10.3. The molecule has 1 aromatic heterocycles. The van der Waals surface area contributed by atoms with Crippen molar-refractivity contribution in [1.82, 2.24) is 4.57 Å². The van der Waals surface area contributed by atoms with E-state index >= 15 is 0 Å². The van der Waals surface area contributed by atoms with Gasteiger partial charge in [-0.2, -0.15) is 8.42 Å². The maximum atomic E-state index is 11.0. The highest BCUT2D eigenvalue weighted by Crippen LogP contribution is 2.22. The fourth-order valence-electron chi connectivity index (χ4n) is 1.53. The van der Waals surface area contributed by atoms with E-state index in [2.05, 4.69) is 0 Å². The van der Waals surface area contributed by atoms with E-state index in [1.807, 2.05) is 0 Å². The lowest BCUT2D eigenvalue weighted by atomic mass is 10.2. The molecule has 0 spiro atoms. The summed E-state index contributed by atoms with van der Waals surface area (Å²) in [5.41, 5.74) is 0.523. The Morgan fingerprint density at radius 3 is 2.64 bits per heavy atom. The van der Waals surface area contributed by atoms with E-state index in [-0.39, 0.29) is 4.90 Å². The maximum Gasteiger partial charge on any atom is 0.296 e. The quantitative estimate of drug-likeness (QED) is 0.726. The number of aromatic nitrogens is 1. The van der Waals surface area contributed by atoms with E-state index in [0.29, 0.717) is 5.52 Å². The SMILES string of the molecule is Cn1ccc2cccc(S(=O)(=O)O)c21. The van der Waals surface area contributed by atoms with Gasteiger partial charge < -0.3 is 4.57 Å². The molecule has 0 unspecified atom stereocenters. The number of nitrogens with zero attached hydrogens (tertiary/aromatic N) is 1. The van der Waals surface area contributed by atoms with Crippen LogP contribution in [0.4, 0.5) is 0 Å². The number of benzene rings is 1. The Kier molecular flexibility index (Phi) is 1.87. The zero-order valence-electron chi connectivity index (χ0n) is 7.51. The first kappa shape index (κ1) is 9.23. The lowest BCUT2D eigenvalue weighted by Crippen LogP contribution is -2.01. The summed E-state index contributed by atoms with van der Waals surface area (Å²) in [6.07, 6.45) is 1.75. The van der Waals surface area contributed by atoms with Gasteiger partial charge in [0.25, 0.3) is 10.1 Å². The van der Waals surface area contributed by atoms with Crippen LogP contribution in [0.15, 0.2) is 35.4 Å². The summed E-state index contributed by atoms with van der Waals surface area (Å²) in [5.74, 6) is 0. The Balaban J connectivity index is 2.96. The maximum absolute atomic E-state index is 11.0. The third-order valence-electron chi connectivity index (χ3n) is 2.14. The van der Waals surface area contributed by atoms with Gasteiger partial charge in [0.2, 0.25) is 0 Å². The Labute approximate surface area is 81.5 Å². The number of rotatable bonds is 1. The normalized spacial score (nSPS) is 12.1. The summed E-state index contributed by atoms with van der Waals surface area (Å²) in [4.78, 5) is -0.0532. The predicted octanol–water partition coefficient (Wildman–Crippen LogP) is 1.43. The van der Waals surface area contributed by atoms with Crippen molar-refractivity contribution in [2.75, 3.05) is 0 Å². The van der Waals surface area contributed by atoms with Crippen molar-refractivity contribution < 1.29 is 13.0 Å². The van der Waals surface area contributed by atoms with Crippen molar-refractivity contribution >= 4 is 21.0 Å². The Hall–Kier alpha value is -1.33. The fourth-order valence-corrected chi connectivity index (χ4v) is 2.28. The van der Waals surface area contributed by atoms with Crippen LogP contribution in [-0.4, -0.2) is 17.5 Å². The standard InChI is InChI=1S/C9H9NO3S/c1-10-6-5-7-3-2-4-8(9(7)10)14(11,12)13/h2-6H,1H3,(H,11,12,13). The highest BCUT2D eigenvalue weighted by Gasteiger charge is 2.15. The van der Waals surface area contributed by atoms with Crippen LogP contribution in [-0.2, 0) is 17.2 Å². The summed E-state index contributed by atoms with van der Waals surface area (Å²) >= 11 is 0. The summed E-state index contributed by atoms with van der Waals surface area (Å²) in [6.45, 7) is 0. The zero-order valence-corrected chi connectivity index (χ0v) is 8.32. The molecule has 2 aromatic rings. The van der Waals surface area contributed by atoms with Gasteiger partial charge in [-0.1, -0.05) is 12.1 Å². The van der Waals surface area contributed by atoms with Gasteiger partial charge in [-0.05, 0) is 12.1 Å². The Morgan fingerprint density at radius 1 is 1.29 bits per heavy atom. The highest BCUT2D eigenvalue weighted by atomic mass is 32.2. The Morgan fingerprint density at radius 2 is 2.00 bits per heavy atom. The second-order valence-corrected chi connectivity index (χ2v) is 4.49. The van der Waals surface area contributed by atoms with Crippen molar-refractivity contribution in [2.45, 2.75) is 4.90 Å². The van der Waals surface area contributed by atoms with E-state index in [1.54, 1.807) is 36.0 Å². The van der Waals surface area contributed by atoms with Crippen LogP contribution in [0, 0.1) is 0 Å². The molecule has 0 atom stereocenters. The van der Waals surface area contributed by atoms with Gasteiger partial charge in [-0.15, -0.1) is 0 Å². The molecule has 2 rings (SSSR count). The van der Waals surface area contributed by atoms with Crippen LogP contribution < -0.4 is 0 Å². The second-order valence-electron chi connectivity index (χ2n) is 3.10. The molecule has 4 nitrogen and oxygen atoms in total. The molecule has 5 heteroatoms. The van der Waals surface area contributed by atoms with Gasteiger partial charge in [-0.25, -0.2) is 0 Å². The smallest absolute Gasteiger partial charge is 0.296 e. The van der Waals surface area contributed by atoms with E-state index in [1.165, 1.54) is 6.07 Å². The monoisotopic (exact) mass is 211 g/mol. The molecule has 0 saturated heterocycles. The van der Waals surface area contributed by atoms with Crippen molar-refractivity contribution in [3.8, 4) is 0 Å². The molecule has 0 aliphatic rings. The molecule has 0 saturated carbocycles. The summed E-state index contributed by atoms with van der Waals surface area (Å²) in [6, 6.07) is 6.58. The largest absolute Gasteiger partial charge is 0.349 e. The first-order valence-electron chi connectivity index (χ1n) is 4.02. The minimum atomic E-state index is -4.14. The lowest BCUT2D eigenvalue weighted by molar-refractivity contribution is 0.484. The van der Waals surface area contributed by atoms with Crippen molar-refractivity contribution in [3.63, 3.8) is 0 Å². The molecule has 1 heterocycles. The molecular weight excluding hydrogens is 202 g/mol.